The van der Waals surface area contributed by atoms with E-state index in [1.807, 2.05) is 38.1 Å². The number of amides is 1. The van der Waals surface area contributed by atoms with E-state index >= 15 is 0 Å². The SMILES string of the molecule is Cc1nn(CC(=O)N(C)Cc2cccc(Cl)c2)c(C)c1N. The Morgan fingerprint density at radius 2 is 2.14 bits per heavy atom. The summed E-state index contributed by atoms with van der Waals surface area (Å²) in [6.07, 6.45) is 0. The fraction of sp³-hybridized carbons (Fsp3) is 0.333. The lowest BCUT2D eigenvalue weighted by Gasteiger charge is -2.18. The van der Waals surface area contributed by atoms with Gasteiger partial charge in [0.25, 0.3) is 0 Å². The van der Waals surface area contributed by atoms with Gasteiger partial charge in [-0.3, -0.25) is 9.48 Å². The highest BCUT2D eigenvalue weighted by Gasteiger charge is 2.14. The van der Waals surface area contributed by atoms with Gasteiger partial charge in [-0.15, -0.1) is 0 Å². The van der Waals surface area contributed by atoms with Crippen molar-refractivity contribution in [3.8, 4) is 0 Å². The van der Waals surface area contributed by atoms with Crippen LogP contribution in [0.3, 0.4) is 0 Å². The van der Waals surface area contributed by atoms with Crippen molar-refractivity contribution >= 4 is 23.2 Å². The largest absolute Gasteiger partial charge is 0.396 e. The molecule has 2 N–H and O–H groups in total. The number of aromatic nitrogens is 2. The van der Waals surface area contributed by atoms with E-state index < -0.39 is 0 Å². The van der Waals surface area contributed by atoms with Crippen LogP contribution in [0.15, 0.2) is 24.3 Å². The average Bonchev–Trinajstić information content (AvgIpc) is 2.66. The van der Waals surface area contributed by atoms with Gasteiger partial charge in [-0.2, -0.15) is 5.10 Å². The summed E-state index contributed by atoms with van der Waals surface area (Å²) in [5, 5.41) is 4.94. The van der Waals surface area contributed by atoms with Crippen molar-refractivity contribution in [2.75, 3.05) is 12.8 Å². The fourth-order valence-electron chi connectivity index (χ4n) is 2.11. The minimum atomic E-state index is -0.0272. The van der Waals surface area contributed by atoms with Gasteiger partial charge in [-0.05, 0) is 31.5 Å². The fourth-order valence-corrected chi connectivity index (χ4v) is 2.32. The molecule has 112 valence electrons. The zero-order chi connectivity index (χ0) is 15.6. The second-order valence-electron chi connectivity index (χ2n) is 5.12. The summed E-state index contributed by atoms with van der Waals surface area (Å²) < 4.78 is 1.64. The Bertz CT molecular complexity index is 666. The molecule has 0 aliphatic carbocycles. The number of hydrogen-bond donors (Lipinski definition) is 1. The molecule has 0 aliphatic rings. The molecule has 6 heteroatoms. The Kier molecular flexibility index (Phi) is 4.53. The monoisotopic (exact) mass is 306 g/mol. The van der Waals surface area contributed by atoms with Crippen LogP contribution in [-0.4, -0.2) is 27.6 Å². The topological polar surface area (TPSA) is 64.2 Å². The van der Waals surface area contributed by atoms with E-state index in [0.29, 0.717) is 17.3 Å². The summed E-state index contributed by atoms with van der Waals surface area (Å²) in [5.74, 6) is -0.0272. The van der Waals surface area contributed by atoms with Gasteiger partial charge in [0.1, 0.15) is 6.54 Å². The molecule has 5 nitrogen and oxygen atoms in total. The summed E-state index contributed by atoms with van der Waals surface area (Å²) in [6.45, 7) is 4.38. The van der Waals surface area contributed by atoms with Crippen molar-refractivity contribution in [3.63, 3.8) is 0 Å². The van der Waals surface area contributed by atoms with Crippen molar-refractivity contribution in [2.24, 2.45) is 0 Å². The lowest BCUT2D eigenvalue weighted by Crippen LogP contribution is -2.30. The van der Waals surface area contributed by atoms with Crippen LogP contribution in [0.2, 0.25) is 5.02 Å². The highest BCUT2D eigenvalue weighted by molar-refractivity contribution is 6.30. The van der Waals surface area contributed by atoms with Gasteiger partial charge in [0.05, 0.1) is 17.1 Å². The van der Waals surface area contributed by atoms with Crippen molar-refractivity contribution in [3.05, 3.63) is 46.2 Å². The molecule has 2 aromatic rings. The number of rotatable bonds is 4. The molecule has 2 rings (SSSR count). The minimum Gasteiger partial charge on any atom is -0.396 e. The first kappa shape index (κ1) is 15.4. The van der Waals surface area contributed by atoms with Gasteiger partial charge in [0, 0.05) is 18.6 Å². The smallest absolute Gasteiger partial charge is 0.244 e. The molecule has 0 saturated carbocycles. The van der Waals surface area contributed by atoms with Crippen molar-refractivity contribution in [1.29, 1.82) is 0 Å². The molecule has 0 saturated heterocycles. The predicted octanol–water partition coefficient (Wildman–Crippen LogP) is 2.39. The molecular weight excluding hydrogens is 288 g/mol. The summed E-state index contributed by atoms with van der Waals surface area (Å²) in [6, 6.07) is 7.48. The van der Waals surface area contributed by atoms with Crippen LogP contribution in [0.4, 0.5) is 5.69 Å². The molecule has 1 aromatic carbocycles. The molecule has 0 radical (unpaired) electrons. The Morgan fingerprint density at radius 1 is 1.43 bits per heavy atom. The van der Waals surface area contributed by atoms with E-state index in [1.165, 1.54) is 0 Å². The van der Waals surface area contributed by atoms with Gasteiger partial charge in [-0.1, -0.05) is 23.7 Å². The molecule has 0 aliphatic heterocycles. The molecule has 1 aromatic heterocycles. The zero-order valence-corrected chi connectivity index (χ0v) is 13.2. The maximum Gasteiger partial charge on any atom is 0.244 e. The van der Waals surface area contributed by atoms with E-state index in [1.54, 1.807) is 16.6 Å². The second-order valence-corrected chi connectivity index (χ2v) is 5.56. The summed E-state index contributed by atoms with van der Waals surface area (Å²) in [7, 11) is 1.76. The number of hydrogen-bond acceptors (Lipinski definition) is 3. The summed E-state index contributed by atoms with van der Waals surface area (Å²) in [5.41, 5.74) is 9.07. The number of carbonyl (C=O) groups is 1. The molecule has 1 amide bonds. The van der Waals surface area contributed by atoms with Crippen LogP contribution >= 0.6 is 11.6 Å². The number of anilines is 1. The number of nitrogens with two attached hydrogens (primary N) is 1. The first-order valence-electron chi connectivity index (χ1n) is 6.66. The molecule has 21 heavy (non-hydrogen) atoms. The van der Waals surface area contributed by atoms with Gasteiger partial charge in [0.2, 0.25) is 5.91 Å². The normalized spacial score (nSPS) is 10.7. The molecule has 0 fully saturated rings. The van der Waals surface area contributed by atoms with Gasteiger partial charge < -0.3 is 10.6 Å². The Labute approximate surface area is 129 Å². The number of benzene rings is 1. The van der Waals surface area contributed by atoms with Crippen molar-refractivity contribution in [1.82, 2.24) is 14.7 Å². The molecular formula is C15H19ClN4O. The third-order valence-electron chi connectivity index (χ3n) is 3.46. The predicted molar refractivity (Wildman–Crippen MR) is 84.0 cm³/mol. The van der Waals surface area contributed by atoms with Gasteiger partial charge in [-0.25, -0.2) is 0 Å². The highest BCUT2D eigenvalue weighted by Crippen LogP contribution is 2.15. The highest BCUT2D eigenvalue weighted by atomic mass is 35.5. The first-order valence-corrected chi connectivity index (χ1v) is 7.04. The number of nitrogens with zero attached hydrogens (tertiary/aromatic N) is 3. The van der Waals surface area contributed by atoms with Crippen molar-refractivity contribution in [2.45, 2.75) is 26.9 Å². The number of halogens is 1. The first-order chi connectivity index (χ1) is 9.88. The average molecular weight is 307 g/mol. The van der Waals surface area contributed by atoms with E-state index in [9.17, 15) is 4.79 Å². The van der Waals surface area contributed by atoms with Gasteiger partial charge >= 0.3 is 0 Å². The summed E-state index contributed by atoms with van der Waals surface area (Å²) in [4.78, 5) is 13.9. The number of aryl methyl sites for hydroxylation is 1. The number of nitrogen functional groups attached to an aromatic ring is 1. The van der Waals surface area contributed by atoms with Crippen LogP contribution in [-0.2, 0) is 17.9 Å². The van der Waals surface area contributed by atoms with Crippen LogP contribution < -0.4 is 5.73 Å². The maximum atomic E-state index is 12.3. The van der Waals surface area contributed by atoms with E-state index in [4.69, 9.17) is 17.3 Å². The van der Waals surface area contributed by atoms with Crippen LogP contribution in [0.5, 0.6) is 0 Å². The Balaban J connectivity index is 2.04. The molecule has 0 atom stereocenters. The summed E-state index contributed by atoms with van der Waals surface area (Å²) >= 11 is 5.95. The maximum absolute atomic E-state index is 12.3. The Morgan fingerprint density at radius 3 is 2.71 bits per heavy atom. The van der Waals surface area contributed by atoms with Crippen molar-refractivity contribution < 1.29 is 4.79 Å². The molecule has 0 bridgehead atoms. The van der Waals surface area contributed by atoms with Crippen LogP contribution in [0.25, 0.3) is 0 Å². The third-order valence-corrected chi connectivity index (χ3v) is 3.69. The molecule has 0 spiro atoms. The van der Waals surface area contributed by atoms with E-state index in [-0.39, 0.29) is 12.5 Å². The number of likely N-dealkylation sites (N-methyl/N-ethyl adjacent to an activating group) is 1. The lowest BCUT2D eigenvalue weighted by atomic mass is 10.2. The standard InChI is InChI=1S/C15H19ClN4O/c1-10-15(17)11(2)20(18-10)9-14(21)19(3)8-12-5-4-6-13(16)7-12/h4-7H,8-9,17H2,1-3H3. The second kappa shape index (κ2) is 6.18. The third kappa shape index (κ3) is 3.55. The van der Waals surface area contributed by atoms with Gasteiger partial charge in [0.15, 0.2) is 0 Å². The zero-order valence-electron chi connectivity index (χ0n) is 12.4. The Hall–Kier alpha value is -2.01. The van der Waals surface area contributed by atoms with E-state index in [2.05, 4.69) is 5.10 Å². The van der Waals surface area contributed by atoms with E-state index in [0.717, 1.165) is 17.0 Å². The molecule has 0 unspecified atom stereocenters. The van der Waals surface area contributed by atoms with Crippen LogP contribution in [0.1, 0.15) is 17.0 Å². The van der Waals surface area contributed by atoms with Crippen LogP contribution in [0, 0.1) is 13.8 Å². The molecule has 1 heterocycles. The quantitative estimate of drug-likeness (QED) is 0.943. The minimum absolute atomic E-state index is 0.0272. The lowest BCUT2D eigenvalue weighted by molar-refractivity contribution is -0.131. The number of carbonyl (C=O) groups excluding carboxylic acids is 1.